The van der Waals surface area contributed by atoms with E-state index in [1.807, 2.05) is 18.2 Å². The average molecular weight is 535 g/mol. The molecule has 0 spiro atoms. The van der Waals surface area contributed by atoms with E-state index in [-0.39, 0.29) is 5.91 Å². The summed E-state index contributed by atoms with van der Waals surface area (Å²) in [4.78, 5) is 14.8. The third kappa shape index (κ3) is 17.0. The van der Waals surface area contributed by atoms with Gasteiger partial charge >= 0.3 is 0 Å². The number of benzene rings is 1. The highest BCUT2D eigenvalue weighted by molar-refractivity contribution is 5.91. The van der Waals surface area contributed by atoms with E-state index in [2.05, 4.69) is 23.2 Å². The zero-order chi connectivity index (χ0) is 26.9. The van der Waals surface area contributed by atoms with E-state index in [0.29, 0.717) is 59.3 Å². The van der Waals surface area contributed by atoms with Crippen molar-refractivity contribution >= 4 is 17.3 Å². The lowest BCUT2D eigenvalue weighted by Crippen LogP contribution is -2.31. The van der Waals surface area contributed by atoms with E-state index in [9.17, 15) is 4.79 Å². The molecule has 0 unspecified atom stereocenters. The van der Waals surface area contributed by atoms with E-state index >= 15 is 0 Å². The van der Waals surface area contributed by atoms with Crippen molar-refractivity contribution in [1.82, 2.24) is 0 Å². The molecule has 7 heteroatoms. The van der Waals surface area contributed by atoms with Gasteiger partial charge in [0.25, 0.3) is 0 Å². The number of carbonyl (C=O) groups is 1. The lowest BCUT2D eigenvalue weighted by atomic mass is 10.0. The topological polar surface area (TPSA) is 69.3 Å². The third-order valence-electron chi connectivity index (χ3n) is 6.88. The summed E-state index contributed by atoms with van der Waals surface area (Å²) in [6.45, 7) is 8.41. The van der Waals surface area contributed by atoms with Crippen LogP contribution in [0.4, 0.5) is 11.4 Å². The Morgan fingerprint density at radius 3 is 1.68 bits per heavy atom. The number of unbranched alkanes of at least 4 members (excludes halogenated alkanes) is 11. The van der Waals surface area contributed by atoms with Gasteiger partial charge in [-0.05, 0) is 24.6 Å². The summed E-state index contributed by atoms with van der Waals surface area (Å²) in [6.07, 6.45) is 16.2. The fraction of sp³-hybridized carbons (Fsp3) is 0.774. The van der Waals surface area contributed by atoms with Gasteiger partial charge in [-0.25, -0.2) is 0 Å². The Morgan fingerprint density at radius 1 is 0.684 bits per heavy atom. The first-order chi connectivity index (χ1) is 18.8. The quantitative estimate of drug-likeness (QED) is 0.256. The highest BCUT2D eigenvalue weighted by Gasteiger charge is 2.10. The lowest BCUT2D eigenvalue weighted by molar-refractivity contribution is -0.116. The zero-order valence-corrected chi connectivity index (χ0v) is 24.1. The first-order valence-corrected chi connectivity index (χ1v) is 15.3. The van der Waals surface area contributed by atoms with E-state index in [1.165, 1.54) is 64.2 Å². The van der Waals surface area contributed by atoms with Crippen LogP contribution in [0, 0.1) is 0 Å². The predicted octanol–water partition coefficient (Wildman–Crippen LogP) is 6.60. The van der Waals surface area contributed by atoms with Crippen LogP contribution in [0.1, 0.15) is 90.4 Å². The zero-order valence-electron chi connectivity index (χ0n) is 24.1. The molecule has 1 aliphatic rings. The number of carbonyl (C=O) groups excluding carboxylic acids is 1. The molecule has 1 aliphatic heterocycles. The molecule has 1 aromatic rings. The minimum Gasteiger partial charge on any atom is -0.377 e. The molecule has 2 rings (SSSR count). The van der Waals surface area contributed by atoms with Gasteiger partial charge in [-0.2, -0.15) is 0 Å². The molecule has 38 heavy (non-hydrogen) atoms. The number of hydrogen-bond acceptors (Lipinski definition) is 6. The summed E-state index contributed by atoms with van der Waals surface area (Å²) in [5, 5.41) is 3.09. The number of hydrogen-bond donors (Lipinski definition) is 1. The van der Waals surface area contributed by atoms with Gasteiger partial charge in [0.15, 0.2) is 0 Å². The van der Waals surface area contributed by atoms with Crippen molar-refractivity contribution in [2.24, 2.45) is 0 Å². The van der Waals surface area contributed by atoms with Crippen molar-refractivity contribution < 1.29 is 23.7 Å². The number of ether oxygens (including phenoxy) is 4. The lowest BCUT2D eigenvalue weighted by Gasteiger charge is -2.25. The van der Waals surface area contributed by atoms with Crippen LogP contribution < -0.4 is 10.2 Å². The van der Waals surface area contributed by atoms with Crippen molar-refractivity contribution in [2.45, 2.75) is 90.4 Å². The van der Waals surface area contributed by atoms with Crippen LogP contribution in [0.3, 0.4) is 0 Å². The largest absolute Gasteiger partial charge is 0.377 e. The maximum Gasteiger partial charge on any atom is 0.224 e. The summed E-state index contributed by atoms with van der Waals surface area (Å²) in [7, 11) is 0. The molecule has 0 aliphatic carbocycles. The highest BCUT2D eigenvalue weighted by Crippen LogP contribution is 2.20. The monoisotopic (exact) mass is 534 g/mol. The maximum absolute atomic E-state index is 12.5. The van der Waals surface area contributed by atoms with Crippen LogP contribution >= 0.6 is 0 Å². The Labute approximate surface area is 231 Å². The number of anilines is 2. The Kier molecular flexibility index (Phi) is 19.9. The van der Waals surface area contributed by atoms with Crippen molar-refractivity contribution in [3.8, 4) is 0 Å². The van der Waals surface area contributed by atoms with Crippen LogP contribution in [0.5, 0.6) is 0 Å². The average Bonchev–Trinajstić information content (AvgIpc) is 2.93. The highest BCUT2D eigenvalue weighted by atomic mass is 16.6. The van der Waals surface area contributed by atoms with Gasteiger partial charge in [-0.1, -0.05) is 83.6 Å². The van der Waals surface area contributed by atoms with E-state index in [0.717, 1.165) is 37.3 Å². The first kappa shape index (κ1) is 32.5. The smallest absolute Gasteiger partial charge is 0.224 e. The summed E-state index contributed by atoms with van der Waals surface area (Å²) in [5.41, 5.74) is 1.89. The molecular formula is C31H54N2O5. The van der Waals surface area contributed by atoms with Gasteiger partial charge in [-0.15, -0.1) is 0 Å². The molecular weight excluding hydrogens is 480 g/mol. The Bertz CT molecular complexity index is 687. The second-order valence-corrected chi connectivity index (χ2v) is 10.2. The molecule has 1 heterocycles. The van der Waals surface area contributed by atoms with Gasteiger partial charge in [0, 0.05) is 30.9 Å². The van der Waals surface area contributed by atoms with Gasteiger partial charge < -0.3 is 29.2 Å². The van der Waals surface area contributed by atoms with Crippen LogP contribution in [-0.2, 0) is 23.7 Å². The molecule has 1 aromatic carbocycles. The van der Waals surface area contributed by atoms with Gasteiger partial charge in [0.05, 0.1) is 52.9 Å². The molecule has 0 bridgehead atoms. The maximum atomic E-state index is 12.5. The summed E-state index contributed by atoms with van der Waals surface area (Å²) < 4.78 is 22.5. The van der Waals surface area contributed by atoms with E-state index < -0.39 is 0 Å². The summed E-state index contributed by atoms with van der Waals surface area (Å²) >= 11 is 0. The third-order valence-corrected chi connectivity index (χ3v) is 6.88. The first-order valence-electron chi connectivity index (χ1n) is 15.3. The van der Waals surface area contributed by atoms with E-state index in [1.54, 1.807) is 0 Å². The molecule has 0 atom stereocenters. The van der Waals surface area contributed by atoms with Crippen LogP contribution in [0.25, 0.3) is 0 Å². The fourth-order valence-electron chi connectivity index (χ4n) is 4.61. The van der Waals surface area contributed by atoms with Crippen molar-refractivity contribution in [3.05, 3.63) is 24.3 Å². The Balaban J connectivity index is 1.65. The molecule has 218 valence electrons. The molecule has 0 aromatic heterocycles. The standard InChI is InChI=1S/C31H54N2O5/c1-2-3-4-5-6-7-8-9-10-11-12-13-17-31(34)32-29-15-14-16-30(28-29)33-18-20-35-22-24-37-26-27-38-25-23-36-21-19-33/h14-16,28H,2-13,17-27H2,1H3,(H,32,34). The van der Waals surface area contributed by atoms with Crippen LogP contribution in [0.15, 0.2) is 24.3 Å². The normalized spacial score (nSPS) is 16.5. The van der Waals surface area contributed by atoms with Crippen molar-refractivity contribution in [3.63, 3.8) is 0 Å². The second kappa shape index (κ2) is 23.2. The number of rotatable bonds is 15. The van der Waals surface area contributed by atoms with Gasteiger partial charge in [-0.3, -0.25) is 4.79 Å². The van der Waals surface area contributed by atoms with Crippen LogP contribution in [0.2, 0.25) is 0 Å². The summed E-state index contributed by atoms with van der Waals surface area (Å²) in [5.74, 6) is 0.0953. The molecule has 1 N–H and O–H groups in total. The van der Waals surface area contributed by atoms with Gasteiger partial charge in [0.1, 0.15) is 0 Å². The number of nitrogens with zero attached hydrogens (tertiary/aromatic N) is 1. The Morgan fingerprint density at radius 2 is 1.16 bits per heavy atom. The molecule has 7 nitrogen and oxygen atoms in total. The molecule has 1 fully saturated rings. The number of amides is 1. The molecule has 0 saturated carbocycles. The van der Waals surface area contributed by atoms with Crippen molar-refractivity contribution in [2.75, 3.05) is 76.2 Å². The fourth-order valence-corrected chi connectivity index (χ4v) is 4.61. The predicted molar refractivity (Wildman–Crippen MR) is 156 cm³/mol. The molecule has 0 radical (unpaired) electrons. The molecule has 1 saturated heterocycles. The van der Waals surface area contributed by atoms with E-state index in [4.69, 9.17) is 18.9 Å². The van der Waals surface area contributed by atoms with Crippen LogP contribution in [-0.4, -0.2) is 71.9 Å². The molecule has 1 amide bonds. The van der Waals surface area contributed by atoms with Crippen molar-refractivity contribution in [1.29, 1.82) is 0 Å². The number of nitrogens with one attached hydrogen (secondary N) is 1. The Hall–Kier alpha value is -1.67. The summed E-state index contributed by atoms with van der Waals surface area (Å²) in [6, 6.07) is 8.06. The van der Waals surface area contributed by atoms with Gasteiger partial charge in [0.2, 0.25) is 5.91 Å². The second-order valence-electron chi connectivity index (χ2n) is 10.2. The SMILES string of the molecule is CCCCCCCCCCCCCCC(=O)Nc1cccc(N2CCOCCOCCOCCOCC2)c1. The minimum absolute atomic E-state index is 0.0953. The minimum atomic E-state index is 0.0953.